The highest BCUT2D eigenvalue weighted by atomic mass is 16.5. The zero-order valence-electron chi connectivity index (χ0n) is 21.8. The van der Waals surface area contributed by atoms with Gasteiger partial charge in [-0.05, 0) is 54.0 Å². The van der Waals surface area contributed by atoms with E-state index in [4.69, 9.17) is 9.47 Å². The molecular formula is C29H40N2O4. The summed E-state index contributed by atoms with van der Waals surface area (Å²) < 4.78 is 11.3. The number of methoxy groups -OCH3 is 1. The molecule has 0 bridgehead atoms. The normalized spacial score (nSPS) is 14.9. The SMILES string of the molecule is CC[C@@H](C(=O)NC1CCCC1)N(Cc1ccc(OC)cc1)C(=O)COc1ccccc1C(C)(C)C. The summed E-state index contributed by atoms with van der Waals surface area (Å²) in [5.41, 5.74) is 1.86. The van der Waals surface area contributed by atoms with Crippen LogP contribution in [-0.4, -0.2) is 42.5 Å². The Hall–Kier alpha value is -3.02. The number of carbonyl (C=O) groups is 2. The molecule has 1 atom stereocenters. The molecule has 0 saturated heterocycles. The largest absolute Gasteiger partial charge is 0.497 e. The first-order valence-corrected chi connectivity index (χ1v) is 12.7. The van der Waals surface area contributed by atoms with E-state index in [1.807, 2.05) is 55.5 Å². The summed E-state index contributed by atoms with van der Waals surface area (Å²) in [6.45, 7) is 8.50. The van der Waals surface area contributed by atoms with Crippen molar-refractivity contribution < 1.29 is 19.1 Å². The first kappa shape index (κ1) is 26.6. The number of rotatable bonds is 10. The Kier molecular flexibility index (Phi) is 9.19. The molecule has 2 amide bonds. The van der Waals surface area contributed by atoms with Gasteiger partial charge in [-0.25, -0.2) is 0 Å². The van der Waals surface area contributed by atoms with Gasteiger partial charge in [-0.3, -0.25) is 9.59 Å². The van der Waals surface area contributed by atoms with E-state index in [2.05, 4.69) is 26.1 Å². The highest BCUT2D eigenvalue weighted by Crippen LogP contribution is 2.31. The summed E-state index contributed by atoms with van der Waals surface area (Å²) in [5.74, 6) is 1.15. The van der Waals surface area contributed by atoms with Crippen molar-refractivity contribution in [3.63, 3.8) is 0 Å². The lowest BCUT2D eigenvalue weighted by molar-refractivity contribution is -0.143. The van der Waals surface area contributed by atoms with E-state index < -0.39 is 6.04 Å². The lowest BCUT2D eigenvalue weighted by Gasteiger charge is -2.32. The van der Waals surface area contributed by atoms with Gasteiger partial charge in [0.05, 0.1) is 7.11 Å². The van der Waals surface area contributed by atoms with Crippen LogP contribution in [0.4, 0.5) is 0 Å². The van der Waals surface area contributed by atoms with Gasteiger partial charge < -0.3 is 19.7 Å². The molecule has 35 heavy (non-hydrogen) atoms. The van der Waals surface area contributed by atoms with Gasteiger partial charge in [-0.15, -0.1) is 0 Å². The molecule has 1 fully saturated rings. The molecule has 0 aromatic heterocycles. The van der Waals surface area contributed by atoms with Gasteiger partial charge in [0, 0.05) is 12.6 Å². The van der Waals surface area contributed by atoms with Crippen LogP contribution >= 0.6 is 0 Å². The quantitative estimate of drug-likeness (QED) is 0.505. The number of para-hydroxylation sites is 1. The Morgan fingerprint density at radius 3 is 2.31 bits per heavy atom. The summed E-state index contributed by atoms with van der Waals surface area (Å²) in [7, 11) is 1.62. The topological polar surface area (TPSA) is 67.9 Å². The van der Waals surface area contributed by atoms with Crippen LogP contribution in [0.25, 0.3) is 0 Å². The van der Waals surface area contributed by atoms with E-state index in [0.29, 0.717) is 18.7 Å². The van der Waals surface area contributed by atoms with E-state index >= 15 is 0 Å². The highest BCUT2D eigenvalue weighted by Gasteiger charge is 2.31. The minimum Gasteiger partial charge on any atom is -0.497 e. The van der Waals surface area contributed by atoms with Crippen LogP contribution in [0.5, 0.6) is 11.5 Å². The molecular weight excluding hydrogens is 440 g/mol. The van der Waals surface area contributed by atoms with Gasteiger partial charge in [0.2, 0.25) is 5.91 Å². The molecule has 2 aromatic rings. The van der Waals surface area contributed by atoms with Crippen LogP contribution in [-0.2, 0) is 21.5 Å². The predicted molar refractivity (Wildman–Crippen MR) is 139 cm³/mol. The minimum absolute atomic E-state index is 0.0867. The van der Waals surface area contributed by atoms with Gasteiger partial charge in [0.1, 0.15) is 17.5 Å². The molecule has 3 rings (SSSR count). The Bertz CT molecular complexity index is 975. The van der Waals surface area contributed by atoms with Crippen molar-refractivity contribution in [2.75, 3.05) is 13.7 Å². The third kappa shape index (κ3) is 7.23. The van der Waals surface area contributed by atoms with Crippen molar-refractivity contribution in [2.45, 2.75) is 83.8 Å². The lowest BCUT2D eigenvalue weighted by Crippen LogP contribution is -2.52. The average molecular weight is 481 g/mol. The molecule has 0 radical (unpaired) electrons. The Morgan fingerprint density at radius 2 is 1.71 bits per heavy atom. The summed E-state index contributed by atoms with van der Waals surface area (Å²) in [5, 5.41) is 3.18. The smallest absolute Gasteiger partial charge is 0.261 e. The molecule has 6 heteroatoms. The molecule has 0 unspecified atom stereocenters. The number of nitrogens with one attached hydrogen (secondary N) is 1. The Labute approximate surface area is 210 Å². The summed E-state index contributed by atoms with van der Waals surface area (Å²) in [4.78, 5) is 28.5. The molecule has 1 saturated carbocycles. The second-order valence-corrected chi connectivity index (χ2v) is 10.3. The second kappa shape index (κ2) is 12.1. The molecule has 6 nitrogen and oxygen atoms in total. The van der Waals surface area contributed by atoms with Gasteiger partial charge >= 0.3 is 0 Å². The zero-order chi connectivity index (χ0) is 25.4. The number of benzene rings is 2. The number of hydrogen-bond acceptors (Lipinski definition) is 4. The van der Waals surface area contributed by atoms with Gasteiger partial charge in [-0.1, -0.05) is 70.9 Å². The summed E-state index contributed by atoms with van der Waals surface area (Å²) in [6.07, 6.45) is 4.80. The first-order chi connectivity index (χ1) is 16.7. The predicted octanol–water partition coefficient (Wildman–Crippen LogP) is 5.24. The van der Waals surface area contributed by atoms with Crippen LogP contribution in [0, 0.1) is 0 Å². The maximum atomic E-state index is 13.5. The second-order valence-electron chi connectivity index (χ2n) is 10.3. The van der Waals surface area contributed by atoms with E-state index in [-0.39, 0.29) is 29.9 Å². The van der Waals surface area contributed by atoms with Crippen LogP contribution in [0.15, 0.2) is 48.5 Å². The standard InChI is InChI=1S/C29H40N2O4/c1-6-25(28(33)30-22-11-7-8-12-22)31(19-21-15-17-23(34-5)18-16-21)27(32)20-35-26-14-10-9-13-24(26)29(2,3)4/h9-10,13-18,22,25H,6-8,11-12,19-20H2,1-5H3,(H,30,33)/t25-/m0/s1. The monoisotopic (exact) mass is 480 g/mol. The third-order valence-electron chi connectivity index (χ3n) is 6.65. The summed E-state index contributed by atoms with van der Waals surface area (Å²) in [6, 6.07) is 15.0. The van der Waals surface area contributed by atoms with Crippen molar-refractivity contribution in [3.8, 4) is 11.5 Å². The molecule has 1 N–H and O–H groups in total. The average Bonchev–Trinajstić information content (AvgIpc) is 3.35. The van der Waals surface area contributed by atoms with Gasteiger partial charge in [0.15, 0.2) is 6.61 Å². The maximum Gasteiger partial charge on any atom is 0.261 e. The molecule has 0 aliphatic heterocycles. The van der Waals surface area contributed by atoms with Crippen LogP contribution in [0.2, 0.25) is 0 Å². The molecule has 2 aromatic carbocycles. The fraction of sp³-hybridized carbons (Fsp3) is 0.517. The number of amides is 2. The highest BCUT2D eigenvalue weighted by molar-refractivity contribution is 5.88. The van der Waals surface area contributed by atoms with Gasteiger partial charge in [0.25, 0.3) is 5.91 Å². The van der Waals surface area contributed by atoms with Crippen molar-refractivity contribution >= 4 is 11.8 Å². The fourth-order valence-electron chi connectivity index (χ4n) is 4.65. The van der Waals surface area contributed by atoms with Gasteiger partial charge in [-0.2, -0.15) is 0 Å². The number of nitrogens with zero attached hydrogens (tertiary/aromatic N) is 1. The molecule has 1 aliphatic carbocycles. The van der Waals surface area contributed by atoms with Crippen LogP contribution in [0.3, 0.4) is 0 Å². The van der Waals surface area contributed by atoms with Crippen molar-refractivity contribution in [2.24, 2.45) is 0 Å². The van der Waals surface area contributed by atoms with E-state index in [1.54, 1.807) is 12.0 Å². The zero-order valence-corrected chi connectivity index (χ0v) is 21.8. The first-order valence-electron chi connectivity index (χ1n) is 12.7. The maximum absolute atomic E-state index is 13.5. The number of ether oxygens (including phenoxy) is 2. The number of carbonyl (C=O) groups excluding carboxylic acids is 2. The van der Waals surface area contributed by atoms with Crippen molar-refractivity contribution in [3.05, 3.63) is 59.7 Å². The summed E-state index contributed by atoms with van der Waals surface area (Å²) >= 11 is 0. The third-order valence-corrected chi connectivity index (χ3v) is 6.65. The van der Waals surface area contributed by atoms with Crippen molar-refractivity contribution in [1.82, 2.24) is 10.2 Å². The van der Waals surface area contributed by atoms with Crippen molar-refractivity contribution in [1.29, 1.82) is 0 Å². The lowest BCUT2D eigenvalue weighted by atomic mass is 9.86. The van der Waals surface area contributed by atoms with E-state index in [9.17, 15) is 9.59 Å². The molecule has 1 aliphatic rings. The fourth-order valence-corrected chi connectivity index (χ4v) is 4.65. The number of hydrogen-bond donors (Lipinski definition) is 1. The molecule has 190 valence electrons. The van der Waals surface area contributed by atoms with Crippen LogP contribution in [0.1, 0.15) is 70.9 Å². The van der Waals surface area contributed by atoms with E-state index in [1.165, 1.54) is 0 Å². The molecule has 0 heterocycles. The van der Waals surface area contributed by atoms with Crippen LogP contribution < -0.4 is 14.8 Å². The molecule has 0 spiro atoms. The van der Waals surface area contributed by atoms with E-state index in [0.717, 1.165) is 42.6 Å². The minimum atomic E-state index is -0.563. The Morgan fingerprint density at radius 1 is 1.06 bits per heavy atom. The Balaban J connectivity index is 1.80.